The van der Waals surface area contributed by atoms with Crippen LogP contribution in [-0.2, 0) is 10.2 Å². The fourth-order valence-corrected chi connectivity index (χ4v) is 1.41. The molecule has 0 saturated heterocycles. The molecule has 0 amide bonds. The number of aromatic carboxylic acids is 1. The third-order valence-electron chi connectivity index (χ3n) is 2.41. The number of carboxylic acid groups (broad SMARTS) is 1. The van der Waals surface area contributed by atoms with Gasteiger partial charge in [-0.25, -0.2) is 4.79 Å². The van der Waals surface area contributed by atoms with Crippen LogP contribution in [0, 0.1) is 0 Å². The Morgan fingerprint density at radius 2 is 2.00 bits per heavy atom. The molecule has 0 atom stereocenters. The molecule has 0 bridgehead atoms. The Kier molecular flexibility index (Phi) is 4.12. The van der Waals surface area contributed by atoms with E-state index in [4.69, 9.17) is 14.6 Å². The molecule has 0 aromatic heterocycles. The molecule has 1 aromatic rings. The molecule has 0 aliphatic rings. The predicted molar refractivity (Wildman–Crippen MR) is 64.6 cm³/mol. The second-order valence-electron chi connectivity index (χ2n) is 4.82. The van der Waals surface area contributed by atoms with Gasteiger partial charge in [0, 0.05) is 7.11 Å². The lowest BCUT2D eigenvalue weighted by molar-refractivity contribution is 0.0482. The van der Waals surface area contributed by atoms with Crippen molar-refractivity contribution in [2.75, 3.05) is 13.9 Å². The van der Waals surface area contributed by atoms with Crippen molar-refractivity contribution in [2.45, 2.75) is 26.2 Å². The Bertz CT molecular complexity index is 404. The maximum absolute atomic E-state index is 11.0. The maximum atomic E-state index is 11.0. The van der Waals surface area contributed by atoms with Crippen molar-refractivity contribution < 1.29 is 19.4 Å². The summed E-state index contributed by atoms with van der Waals surface area (Å²) in [6, 6.07) is 5.12. The highest BCUT2D eigenvalue weighted by molar-refractivity contribution is 5.91. The number of hydrogen-bond acceptors (Lipinski definition) is 3. The first kappa shape index (κ1) is 13.5. The number of carbonyl (C=O) groups is 1. The number of ether oxygens (including phenoxy) is 2. The lowest BCUT2D eigenvalue weighted by Gasteiger charge is -2.20. The van der Waals surface area contributed by atoms with Crippen molar-refractivity contribution in [3.8, 4) is 5.75 Å². The van der Waals surface area contributed by atoms with E-state index in [0.717, 1.165) is 5.56 Å². The number of rotatable bonds is 4. The maximum Gasteiger partial charge on any atom is 0.339 e. The van der Waals surface area contributed by atoms with E-state index in [9.17, 15) is 4.79 Å². The first-order valence-electron chi connectivity index (χ1n) is 5.36. The van der Waals surface area contributed by atoms with Gasteiger partial charge in [-0.1, -0.05) is 26.8 Å². The minimum Gasteiger partial charge on any atom is -0.478 e. The third kappa shape index (κ3) is 3.46. The van der Waals surface area contributed by atoms with E-state index in [1.165, 1.54) is 7.11 Å². The van der Waals surface area contributed by atoms with Crippen LogP contribution in [0.25, 0.3) is 0 Å². The van der Waals surface area contributed by atoms with E-state index in [0.29, 0.717) is 5.75 Å². The summed E-state index contributed by atoms with van der Waals surface area (Å²) in [6.45, 7) is 6.21. The van der Waals surface area contributed by atoms with Gasteiger partial charge in [-0.15, -0.1) is 0 Å². The Morgan fingerprint density at radius 3 is 2.47 bits per heavy atom. The van der Waals surface area contributed by atoms with Crippen LogP contribution >= 0.6 is 0 Å². The van der Waals surface area contributed by atoms with Gasteiger partial charge in [0.25, 0.3) is 0 Å². The van der Waals surface area contributed by atoms with Gasteiger partial charge in [0.1, 0.15) is 11.3 Å². The second kappa shape index (κ2) is 5.19. The number of methoxy groups -OCH3 is 1. The van der Waals surface area contributed by atoms with E-state index in [1.807, 2.05) is 6.07 Å². The van der Waals surface area contributed by atoms with E-state index < -0.39 is 5.97 Å². The highest BCUT2D eigenvalue weighted by Crippen LogP contribution is 2.28. The molecule has 0 saturated carbocycles. The quantitative estimate of drug-likeness (QED) is 0.819. The van der Waals surface area contributed by atoms with Gasteiger partial charge < -0.3 is 14.6 Å². The molecule has 0 fully saturated rings. The van der Waals surface area contributed by atoms with Gasteiger partial charge in [0.05, 0.1) is 0 Å². The summed E-state index contributed by atoms with van der Waals surface area (Å²) in [5, 5.41) is 9.04. The van der Waals surface area contributed by atoms with Crippen LogP contribution in [-0.4, -0.2) is 25.0 Å². The van der Waals surface area contributed by atoms with Crippen LogP contribution in [0.3, 0.4) is 0 Å². The van der Waals surface area contributed by atoms with Crippen LogP contribution < -0.4 is 4.74 Å². The van der Waals surface area contributed by atoms with Gasteiger partial charge in [-0.2, -0.15) is 0 Å². The van der Waals surface area contributed by atoms with Crippen LogP contribution in [0.4, 0.5) is 0 Å². The lowest BCUT2D eigenvalue weighted by atomic mass is 9.86. The Balaban J connectivity index is 3.14. The van der Waals surface area contributed by atoms with Crippen LogP contribution in [0.5, 0.6) is 5.75 Å². The van der Waals surface area contributed by atoms with Crippen LogP contribution in [0.15, 0.2) is 18.2 Å². The van der Waals surface area contributed by atoms with E-state index >= 15 is 0 Å². The van der Waals surface area contributed by atoms with Gasteiger partial charge in [-0.05, 0) is 23.1 Å². The summed E-state index contributed by atoms with van der Waals surface area (Å²) in [7, 11) is 1.49. The average molecular weight is 238 g/mol. The average Bonchev–Trinajstić information content (AvgIpc) is 2.24. The lowest BCUT2D eigenvalue weighted by Crippen LogP contribution is -2.13. The predicted octanol–water partition coefficient (Wildman–Crippen LogP) is 2.67. The molecule has 0 aliphatic heterocycles. The van der Waals surface area contributed by atoms with Gasteiger partial charge in [0.2, 0.25) is 0 Å². The highest BCUT2D eigenvalue weighted by atomic mass is 16.7. The van der Waals surface area contributed by atoms with Crippen molar-refractivity contribution in [2.24, 2.45) is 0 Å². The Morgan fingerprint density at radius 1 is 1.35 bits per heavy atom. The van der Waals surface area contributed by atoms with Crippen molar-refractivity contribution in [1.29, 1.82) is 0 Å². The molecule has 0 heterocycles. The summed E-state index contributed by atoms with van der Waals surface area (Å²) >= 11 is 0. The van der Waals surface area contributed by atoms with E-state index in [1.54, 1.807) is 12.1 Å². The van der Waals surface area contributed by atoms with Gasteiger partial charge in [0.15, 0.2) is 6.79 Å². The largest absolute Gasteiger partial charge is 0.478 e. The topological polar surface area (TPSA) is 55.8 Å². The summed E-state index contributed by atoms with van der Waals surface area (Å²) in [4.78, 5) is 11.0. The molecule has 1 N–H and O–H groups in total. The van der Waals surface area contributed by atoms with Crippen LogP contribution in [0.1, 0.15) is 36.7 Å². The molecule has 17 heavy (non-hydrogen) atoms. The molecule has 4 heteroatoms. The molecule has 0 spiro atoms. The summed E-state index contributed by atoms with van der Waals surface area (Å²) in [5.41, 5.74) is 1.12. The fourth-order valence-electron chi connectivity index (χ4n) is 1.41. The van der Waals surface area contributed by atoms with Gasteiger partial charge in [-0.3, -0.25) is 0 Å². The molecule has 94 valence electrons. The zero-order chi connectivity index (χ0) is 13.1. The molecule has 4 nitrogen and oxygen atoms in total. The summed E-state index contributed by atoms with van der Waals surface area (Å²) in [5.74, 6) is -0.664. The Hall–Kier alpha value is -1.55. The molecular formula is C13H18O4. The molecular weight excluding hydrogens is 220 g/mol. The van der Waals surface area contributed by atoms with Crippen molar-refractivity contribution in [1.82, 2.24) is 0 Å². The van der Waals surface area contributed by atoms with E-state index in [-0.39, 0.29) is 17.8 Å². The first-order chi connectivity index (χ1) is 7.86. The van der Waals surface area contributed by atoms with Crippen molar-refractivity contribution >= 4 is 5.97 Å². The highest BCUT2D eigenvalue weighted by Gasteiger charge is 2.18. The second-order valence-corrected chi connectivity index (χ2v) is 4.82. The fraction of sp³-hybridized carbons (Fsp3) is 0.462. The normalized spacial score (nSPS) is 11.3. The molecule has 0 aliphatic carbocycles. The van der Waals surface area contributed by atoms with Crippen molar-refractivity contribution in [3.05, 3.63) is 29.3 Å². The zero-order valence-electron chi connectivity index (χ0n) is 10.6. The summed E-state index contributed by atoms with van der Waals surface area (Å²) < 4.78 is 10.1. The molecule has 0 unspecified atom stereocenters. The molecule has 1 rings (SSSR count). The Labute approximate surface area is 101 Å². The van der Waals surface area contributed by atoms with E-state index in [2.05, 4.69) is 20.8 Å². The first-order valence-corrected chi connectivity index (χ1v) is 5.36. The number of carboxylic acids is 1. The van der Waals surface area contributed by atoms with Crippen molar-refractivity contribution in [3.63, 3.8) is 0 Å². The number of benzene rings is 1. The molecule has 0 radical (unpaired) electrons. The monoisotopic (exact) mass is 238 g/mol. The SMILES string of the molecule is COCOc1cc(C(C)(C)C)ccc1C(=O)O. The summed E-state index contributed by atoms with van der Waals surface area (Å²) in [6.07, 6.45) is 0. The smallest absolute Gasteiger partial charge is 0.339 e. The minimum atomic E-state index is -1.00. The third-order valence-corrected chi connectivity index (χ3v) is 2.41. The number of hydrogen-bond donors (Lipinski definition) is 1. The van der Waals surface area contributed by atoms with Gasteiger partial charge >= 0.3 is 5.97 Å². The standard InChI is InChI=1S/C13H18O4/c1-13(2,3)9-5-6-10(12(14)15)11(7-9)17-8-16-4/h5-7H,8H2,1-4H3,(H,14,15). The minimum absolute atomic E-state index is 0.0356. The molecule has 1 aromatic carbocycles. The van der Waals surface area contributed by atoms with Crippen LogP contribution in [0.2, 0.25) is 0 Å². The zero-order valence-corrected chi connectivity index (χ0v) is 10.6.